The predicted octanol–water partition coefficient (Wildman–Crippen LogP) is 5.22. The number of hydrogen-bond donors (Lipinski definition) is 0. The lowest BCUT2D eigenvalue weighted by Crippen LogP contribution is -2.51. The highest BCUT2D eigenvalue weighted by Gasteiger charge is 2.55. The van der Waals surface area contributed by atoms with E-state index in [2.05, 4.69) is 98.9 Å². The molecule has 7 rings (SSSR count). The van der Waals surface area contributed by atoms with Crippen LogP contribution in [0.3, 0.4) is 0 Å². The Kier molecular flexibility index (Phi) is 2.38. The van der Waals surface area contributed by atoms with Crippen molar-refractivity contribution in [2.24, 2.45) is 10.8 Å². The summed E-state index contributed by atoms with van der Waals surface area (Å²) in [6.07, 6.45) is 18.6. The van der Waals surface area contributed by atoms with Gasteiger partial charge in [0.1, 0.15) is 0 Å². The maximum Gasteiger partial charge on any atom is 0.0315 e. The van der Waals surface area contributed by atoms with Crippen LogP contribution < -0.4 is 10.4 Å². The van der Waals surface area contributed by atoms with Gasteiger partial charge in [-0.1, -0.05) is 86.7 Å². The summed E-state index contributed by atoms with van der Waals surface area (Å²) in [6, 6.07) is 13.6. The zero-order valence-electron chi connectivity index (χ0n) is 16.1. The molecule has 0 nitrogen and oxygen atoms in total. The third kappa shape index (κ3) is 1.39. The van der Waals surface area contributed by atoms with Crippen LogP contribution >= 0.6 is 0 Å². The number of benzene rings is 2. The number of rotatable bonds is 0. The van der Waals surface area contributed by atoms with Crippen LogP contribution in [0, 0.1) is 10.8 Å². The van der Waals surface area contributed by atoms with E-state index in [1.165, 1.54) is 55.0 Å². The summed E-state index contributed by atoms with van der Waals surface area (Å²) in [5, 5.41) is 2.76. The highest BCUT2D eigenvalue weighted by molar-refractivity contribution is 6.03. The SMILES string of the molecule is C[C@@]12C3=CC=CC1=CC=C1C=c4cc5c(cc4=C(C=C3)[C@]12C)-c1ccccc1-5. The van der Waals surface area contributed by atoms with E-state index in [1.807, 2.05) is 0 Å². The Labute approximate surface area is 164 Å². The molecule has 0 fully saturated rings. The Balaban J connectivity index is 1.63. The molecule has 0 saturated heterocycles. The molecular formula is C28H20. The first-order valence-corrected chi connectivity index (χ1v) is 10.1. The number of fused-ring (bicyclic) bond motifs is 5. The second-order valence-electron chi connectivity index (χ2n) is 8.90. The van der Waals surface area contributed by atoms with Gasteiger partial charge >= 0.3 is 0 Å². The lowest BCUT2D eigenvalue weighted by molar-refractivity contribution is 0.279. The Hall–Kier alpha value is -3.12. The summed E-state index contributed by atoms with van der Waals surface area (Å²) in [7, 11) is 0. The van der Waals surface area contributed by atoms with Gasteiger partial charge in [0.25, 0.3) is 0 Å². The molecule has 0 radical (unpaired) electrons. The minimum absolute atomic E-state index is 0.00896. The van der Waals surface area contributed by atoms with Crippen molar-refractivity contribution in [2.45, 2.75) is 13.8 Å². The smallest absolute Gasteiger partial charge is 0.0315 e. The molecule has 28 heavy (non-hydrogen) atoms. The zero-order chi connectivity index (χ0) is 18.7. The minimum Gasteiger partial charge on any atom is -0.0617 e. The molecule has 5 aliphatic carbocycles. The van der Waals surface area contributed by atoms with Gasteiger partial charge in [-0.05, 0) is 67.1 Å². The Morgan fingerprint density at radius 2 is 1.36 bits per heavy atom. The molecule has 0 spiro atoms. The van der Waals surface area contributed by atoms with E-state index < -0.39 is 0 Å². The number of allylic oxidation sites excluding steroid dienone is 10. The van der Waals surface area contributed by atoms with E-state index in [1.54, 1.807) is 0 Å². The first kappa shape index (κ1) is 14.9. The van der Waals surface area contributed by atoms with Crippen LogP contribution in [0.5, 0.6) is 0 Å². The number of hydrogen-bond acceptors (Lipinski definition) is 0. The second kappa shape index (κ2) is 4.47. The third-order valence-corrected chi connectivity index (χ3v) is 7.99. The average molecular weight is 356 g/mol. The maximum absolute atomic E-state index is 2.45. The summed E-state index contributed by atoms with van der Waals surface area (Å²) in [5.41, 5.74) is 11.3. The molecule has 0 unspecified atom stereocenters. The Bertz CT molecular complexity index is 1420. The first-order chi connectivity index (χ1) is 13.6. The lowest BCUT2D eigenvalue weighted by atomic mass is 9.46. The first-order valence-electron chi connectivity index (χ1n) is 10.1. The quantitative estimate of drug-likeness (QED) is 0.518. The Morgan fingerprint density at radius 3 is 2.18 bits per heavy atom. The monoisotopic (exact) mass is 356 g/mol. The van der Waals surface area contributed by atoms with Crippen molar-refractivity contribution in [1.29, 1.82) is 0 Å². The van der Waals surface area contributed by atoms with Gasteiger partial charge in [0, 0.05) is 10.8 Å². The van der Waals surface area contributed by atoms with E-state index in [9.17, 15) is 0 Å². The molecule has 0 N–H and O–H groups in total. The summed E-state index contributed by atoms with van der Waals surface area (Å²) in [6.45, 7) is 4.88. The van der Waals surface area contributed by atoms with Crippen molar-refractivity contribution in [2.75, 3.05) is 0 Å². The molecule has 0 heteroatoms. The standard InChI is InChI=1S/C28H20/c1-27-18-6-5-7-19(27)12-13-26-23-16-25-22-9-4-3-8-21(22)24(25)15-17(23)14-20(11-10-18)28(26,27)2/h3-16H,1-2H3/t27-,28-/m0/s1. The van der Waals surface area contributed by atoms with Gasteiger partial charge in [-0.25, -0.2) is 0 Å². The normalized spacial score (nSPS) is 29.2. The lowest BCUT2D eigenvalue weighted by Gasteiger charge is -2.55. The highest BCUT2D eigenvalue weighted by atomic mass is 14.6. The molecule has 2 aromatic rings. The van der Waals surface area contributed by atoms with Crippen molar-refractivity contribution >= 4 is 11.6 Å². The molecular weight excluding hydrogens is 336 g/mol. The summed E-state index contributed by atoms with van der Waals surface area (Å²) >= 11 is 0. The van der Waals surface area contributed by atoms with Crippen molar-refractivity contribution in [3.05, 3.63) is 106 Å². The predicted molar refractivity (Wildman–Crippen MR) is 117 cm³/mol. The highest BCUT2D eigenvalue weighted by Crippen LogP contribution is 2.64. The topological polar surface area (TPSA) is 0 Å². The van der Waals surface area contributed by atoms with Gasteiger partial charge in [0.15, 0.2) is 0 Å². The van der Waals surface area contributed by atoms with Crippen LogP contribution in [0.25, 0.3) is 33.9 Å². The van der Waals surface area contributed by atoms with E-state index in [-0.39, 0.29) is 10.8 Å². The molecule has 132 valence electrons. The molecule has 5 aliphatic rings. The Morgan fingerprint density at radius 1 is 0.643 bits per heavy atom. The molecule has 0 amide bonds. The summed E-state index contributed by atoms with van der Waals surface area (Å²) < 4.78 is 0. The van der Waals surface area contributed by atoms with Gasteiger partial charge in [-0.3, -0.25) is 0 Å². The van der Waals surface area contributed by atoms with Gasteiger partial charge in [0.05, 0.1) is 0 Å². The van der Waals surface area contributed by atoms with Gasteiger partial charge in [-0.2, -0.15) is 0 Å². The van der Waals surface area contributed by atoms with Crippen molar-refractivity contribution in [1.82, 2.24) is 0 Å². The molecule has 0 heterocycles. The van der Waals surface area contributed by atoms with Crippen molar-refractivity contribution in [3.8, 4) is 22.3 Å². The molecule has 2 atom stereocenters. The molecule has 0 aliphatic heterocycles. The van der Waals surface area contributed by atoms with E-state index in [0.717, 1.165) is 0 Å². The molecule has 0 saturated carbocycles. The fourth-order valence-corrected chi connectivity index (χ4v) is 6.20. The van der Waals surface area contributed by atoms with Crippen LogP contribution in [-0.2, 0) is 0 Å². The maximum atomic E-state index is 2.45. The molecule has 0 aromatic heterocycles. The summed E-state index contributed by atoms with van der Waals surface area (Å²) in [5.74, 6) is 0. The fourth-order valence-electron chi connectivity index (χ4n) is 6.20. The van der Waals surface area contributed by atoms with E-state index >= 15 is 0 Å². The largest absolute Gasteiger partial charge is 0.0617 e. The summed E-state index contributed by atoms with van der Waals surface area (Å²) in [4.78, 5) is 0. The van der Waals surface area contributed by atoms with Gasteiger partial charge < -0.3 is 0 Å². The van der Waals surface area contributed by atoms with Gasteiger partial charge in [-0.15, -0.1) is 0 Å². The zero-order valence-corrected chi connectivity index (χ0v) is 16.1. The van der Waals surface area contributed by atoms with Crippen LogP contribution in [0.15, 0.2) is 95.6 Å². The fraction of sp³-hybridized carbons (Fsp3) is 0.143. The van der Waals surface area contributed by atoms with E-state index in [4.69, 9.17) is 0 Å². The van der Waals surface area contributed by atoms with Crippen LogP contribution in [0.2, 0.25) is 0 Å². The second-order valence-corrected chi connectivity index (χ2v) is 8.90. The van der Waals surface area contributed by atoms with Crippen LogP contribution in [0.1, 0.15) is 13.8 Å². The van der Waals surface area contributed by atoms with Crippen molar-refractivity contribution in [3.63, 3.8) is 0 Å². The van der Waals surface area contributed by atoms with E-state index in [0.29, 0.717) is 0 Å². The van der Waals surface area contributed by atoms with Crippen molar-refractivity contribution < 1.29 is 0 Å². The minimum atomic E-state index is -0.0348. The van der Waals surface area contributed by atoms with Crippen LogP contribution in [0.4, 0.5) is 0 Å². The molecule has 0 bridgehead atoms. The van der Waals surface area contributed by atoms with Crippen LogP contribution in [-0.4, -0.2) is 0 Å². The van der Waals surface area contributed by atoms with Gasteiger partial charge in [0.2, 0.25) is 0 Å². The molecule has 2 aromatic carbocycles. The average Bonchev–Trinajstić information content (AvgIpc) is 2.70. The third-order valence-electron chi connectivity index (χ3n) is 7.99.